The molecule has 0 radical (unpaired) electrons. The quantitative estimate of drug-likeness (QED) is 0.337. The zero-order chi connectivity index (χ0) is 27.4. The number of esters is 2. The number of halogens is 3. The van der Waals surface area contributed by atoms with Crippen LogP contribution in [0.25, 0.3) is 11.3 Å². The van der Waals surface area contributed by atoms with Crippen molar-refractivity contribution in [3.05, 3.63) is 71.7 Å². The smallest absolute Gasteiger partial charge is 0.358 e. The molecule has 0 unspecified atom stereocenters. The summed E-state index contributed by atoms with van der Waals surface area (Å²) in [7, 11) is 0. The van der Waals surface area contributed by atoms with Gasteiger partial charge in [0.1, 0.15) is 11.3 Å². The van der Waals surface area contributed by atoms with Crippen LogP contribution >= 0.6 is 39.1 Å². The predicted molar refractivity (Wildman–Crippen MR) is 140 cm³/mol. The van der Waals surface area contributed by atoms with E-state index in [0.717, 1.165) is 0 Å². The number of carbonyl (C=O) groups is 3. The van der Waals surface area contributed by atoms with Gasteiger partial charge in [0.05, 0.1) is 45.7 Å². The summed E-state index contributed by atoms with van der Waals surface area (Å²) in [5.74, 6) is -2.91. The number of carbonyl (C=O) groups excluding carboxylic acids is 2. The van der Waals surface area contributed by atoms with Crippen molar-refractivity contribution in [1.29, 1.82) is 0 Å². The highest BCUT2D eigenvalue weighted by Crippen LogP contribution is 2.32. The van der Waals surface area contributed by atoms with E-state index in [1.54, 1.807) is 31.4 Å². The SMILES string of the molecule is CCOC(=O)c1cc(C(=O)OCC)n(Cc2c(Br)c(=O)c(C(=O)O)c(-c3ccc(Cl)c(Cl)c3)n2CC)n1. The molecule has 13 heteroatoms. The Labute approximate surface area is 229 Å². The lowest BCUT2D eigenvalue weighted by Gasteiger charge is -2.22. The first-order valence-electron chi connectivity index (χ1n) is 11.1. The van der Waals surface area contributed by atoms with Crippen LogP contribution < -0.4 is 5.43 Å². The molecule has 0 aliphatic rings. The number of aromatic carboxylic acids is 1. The Bertz CT molecular complexity index is 1450. The van der Waals surface area contributed by atoms with Crippen molar-refractivity contribution in [2.75, 3.05) is 13.2 Å². The molecule has 0 spiro atoms. The van der Waals surface area contributed by atoms with E-state index in [2.05, 4.69) is 21.0 Å². The first-order valence-corrected chi connectivity index (χ1v) is 12.7. The molecule has 3 aromatic rings. The van der Waals surface area contributed by atoms with E-state index in [1.165, 1.54) is 22.9 Å². The van der Waals surface area contributed by atoms with Gasteiger partial charge < -0.3 is 19.1 Å². The molecule has 0 bridgehead atoms. The van der Waals surface area contributed by atoms with Gasteiger partial charge in [-0.15, -0.1) is 0 Å². The molecular weight excluding hydrogens is 593 g/mol. The molecule has 2 heterocycles. The largest absolute Gasteiger partial charge is 0.477 e. The van der Waals surface area contributed by atoms with Crippen LogP contribution in [0.15, 0.2) is 33.5 Å². The number of carboxylic acid groups (broad SMARTS) is 1. The van der Waals surface area contributed by atoms with Crippen LogP contribution in [0, 0.1) is 0 Å². The van der Waals surface area contributed by atoms with Crippen molar-refractivity contribution >= 4 is 57.0 Å². The summed E-state index contributed by atoms with van der Waals surface area (Å²) in [5, 5.41) is 14.6. The van der Waals surface area contributed by atoms with Gasteiger partial charge >= 0.3 is 17.9 Å². The highest BCUT2D eigenvalue weighted by atomic mass is 79.9. The number of hydrogen-bond acceptors (Lipinski definition) is 7. The van der Waals surface area contributed by atoms with E-state index >= 15 is 0 Å². The second kappa shape index (κ2) is 11.9. The van der Waals surface area contributed by atoms with Crippen molar-refractivity contribution in [2.24, 2.45) is 0 Å². The lowest BCUT2D eigenvalue weighted by Crippen LogP contribution is -2.27. The monoisotopic (exact) mass is 613 g/mol. The molecule has 0 aliphatic carbocycles. The van der Waals surface area contributed by atoms with Crippen LogP contribution in [-0.2, 0) is 22.6 Å². The molecule has 1 aromatic carbocycles. The molecule has 0 atom stereocenters. The van der Waals surface area contributed by atoms with Gasteiger partial charge in [0.25, 0.3) is 0 Å². The van der Waals surface area contributed by atoms with Crippen molar-refractivity contribution in [2.45, 2.75) is 33.9 Å². The summed E-state index contributed by atoms with van der Waals surface area (Å²) in [6.45, 7) is 5.24. The number of nitrogens with zero attached hydrogens (tertiary/aromatic N) is 3. The molecule has 3 rings (SSSR count). The molecule has 0 aliphatic heterocycles. The van der Waals surface area contributed by atoms with Gasteiger partial charge in [-0.25, -0.2) is 14.4 Å². The van der Waals surface area contributed by atoms with Crippen molar-refractivity contribution in [1.82, 2.24) is 14.3 Å². The van der Waals surface area contributed by atoms with Crippen LogP contribution in [0.4, 0.5) is 0 Å². The summed E-state index contributed by atoms with van der Waals surface area (Å²) >= 11 is 15.5. The Morgan fingerprint density at radius 2 is 1.68 bits per heavy atom. The molecule has 0 fully saturated rings. The minimum absolute atomic E-state index is 0.0430. The van der Waals surface area contributed by atoms with Crippen LogP contribution in [0.1, 0.15) is 57.8 Å². The van der Waals surface area contributed by atoms with Gasteiger partial charge in [-0.2, -0.15) is 5.10 Å². The van der Waals surface area contributed by atoms with Gasteiger partial charge in [-0.05, 0) is 48.8 Å². The first kappa shape index (κ1) is 28.4. The maximum absolute atomic E-state index is 13.3. The minimum atomic E-state index is -1.43. The third kappa shape index (κ3) is 5.73. The van der Waals surface area contributed by atoms with Crippen LogP contribution in [0.3, 0.4) is 0 Å². The topological polar surface area (TPSA) is 130 Å². The van der Waals surface area contributed by atoms with E-state index in [9.17, 15) is 24.3 Å². The summed E-state index contributed by atoms with van der Waals surface area (Å²) < 4.78 is 12.8. The fourth-order valence-corrected chi connectivity index (χ4v) is 4.57. The molecular formula is C24H22BrCl2N3O7. The lowest BCUT2D eigenvalue weighted by molar-refractivity contribution is 0.0506. The summed E-state index contributed by atoms with van der Waals surface area (Å²) in [6, 6.07) is 5.75. The number of ether oxygens (including phenoxy) is 2. The molecule has 37 heavy (non-hydrogen) atoms. The van der Waals surface area contributed by atoms with Crippen molar-refractivity contribution in [3.63, 3.8) is 0 Å². The third-order valence-corrected chi connectivity index (χ3v) is 6.84. The number of aromatic nitrogens is 3. The van der Waals surface area contributed by atoms with Crippen LogP contribution in [-0.4, -0.2) is 50.6 Å². The molecule has 2 aromatic heterocycles. The summed E-state index contributed by atoms with van der Waals surface area (Å²) in [6.07, 6.45) is 0. The van der Waals surface area contributed by atoms with Gasteiger partial charge in [0.15, 0.2) is 5.69 Å². The zero-order valence-corrected chi connectivity index (χ0v) is 23.1. The Kier molecular flexibility index (Phi) is 9.16. The normalized spacial score (nSPS) is 10.9. The predicted octanol–water partition coefficient (Wildman–Crippen LogP) is 4.90. The molecule has 196 valence electrons. The van der Waals surface area contributed by atoms with E-state index < -0.39 is 28.9 Å². The number of pyridine rings is 1. The van der Waals surface area contributed by atoms with E-state index in [-0.39, 0.29) is 57.9 Å². The average molecular weight is 615 g/mol. The number of benzene rings is 1. The Balaban J connectivity index is 2.31. The number of hydrogen-bond donors (Lipinski definition) is 1. The van der Waals surface area contributed by atoms with Crippen molar-refractivity contribution < 1.29 is 29.0 Å². The second-order valence-corrected chi connectivity index (χ2v) is 9.11. The molecule has 1 N–H and O–H groups in total. The highest BCUT2D eigenvalue weighted by Gasteiger charge is 2.28. The van der Waals surface area contributed by atoms with E-state index in [4.69, 9.17) is 32.7 Å². The number of carboxylic acids is 1. The molecule has 0 saturated heterocycles. The second-order valence-electron chi connectivity index (χ2n) is 7.51. The van der Waals surface area contributed by atoms with Crippen LogP contribution in [0.2, 0.25) is 10.0 Å². The van der Waals surface area contributed by atoms with Gasteiger partial charge in [-0.1, -0.05) is 29.3 Å². The van der Waals surface area contributed by atoms with E-state index in [0.29, 0.717) is 11.3 Å². The van der Waals surface area contributed by atoms with Crippen molar-refractivity contribution in [3.8, 4) is 11.3 Å². The molecule has 0 saturated carbocycles. The van der Waals surface area contributed by atoms with Gasteiger partial charge in [-0.3, -0.25) is 9.48 Å². The van der Waals surface area contributed by atoms with Gasteiger partial charge in [0.2, 0.25) is 5.43 Å². The Morgan fingerprint density at radius 3 is 2.24 bits per heavy atom. The number of rotatable bonds is 9. The molecule has 10 nitrogen and oxygen atoms in total. The minimum Gasteiger partial charge on any atom is -0.477 e. The highest BCUT2D eigenvalue weighted by molar-refractivity contribution is 9.10. The van der Waals surface area contributed by atoms with Crippen LogP contribution in [0.5, 0.6) is 0 Å². The fourth-order valence-electron chi connectivity index (χ4n) is 3.74. The van der Waals surface area contributed by atoms with E-state index in [1.807, 2.05) is 0 Å². The average Bonchev–Trinajstić information content (AvgIpc) is 3.28. The fraction of sp³-hybridized carbons (Fsp3) is 0.292. The maximum atomic E-state index is 13.3. The summed E-state index contributed by atoms with van der Waals surface area (Å²) in [5.41, 5.74) is -0.714. The summed E-state index contributed by atoms with van der Waals surface area (Å²) in [4.78, 5) is 50.4. The Hall–Kier alpha value is -3.15. The standard InChI is InChI=1S/C24H22BrCl2N3O7/c1-4-29-17(11-30-16(24(35)37-6-3)10-15(28-30)23(34)36-5-2)19(25)21(31)18(22(32)33)20(29)12-7-8-13(26)14(27)9-12/h7-10H,4-6,11H2,1-3H3,(H,32,33). The maximum Gasteiger partial charge on any atom is 0.358 e. The third-order valence-electron chi connectivity index (χ3n) is 5.28. The van der Waals surface area contributed by atoms with Gasteiger partial charge in [0, 0.05) is 18.2 Å². The first-order chi connectivity index (χ1) is 17.5. The Morgan fingerprint density at radius 1 is 1.03 bits per heavy atom. The molecule has 0 amide bonds. The lowest BCUT2D eigenvalue weighted by atomic mass is 10.0. The zero-order valence-electron chi connectivity index (χ0n) is 20.0.